The maximum absolute atomic E-state index is 12.8. The third-order valence-corrected chi connectivity index (χ3v) is 4.47. The summed E-state index contributed by atoms with van der Waals surface area (Å²) in [7, 11) is 1.66. The first kappa shape index (κ1) is 17.1. The molecule has 1 fully saturated rings. The van der Waals surface area contributed by atoms with Crippen molar-refractivity contribution in [2.45, 2.75) is 18.9 Å². The van der Waals surface area contributed by atoms with Gasteiger partial charge >= 0.3 is 0 Å². The van der Waals surface area contributed by atoms with Crippen LogP contribution in [-0.2, 0) is 9.53 Å². The Labute approximate surface area is 137 Å². The molecular weight excluding hydrogens is 304 g/mol. The number of carbonyl (C=O) groups is 1. The van der Waals surface area contributed by atoms with Crippen LogP contribution < -0.4 is 15.4 Å². The molecule has 5 nitrogen and oxygen atoms in total. The van der Waals surface area contributed by atoms with Gasteiger partial charge in [0.2, 0.25) is 5.91 Å². The second-order valence-corrected chi connectivity index (χ2v) is 5.84. The Bertz CT molecular complexity index is 512. The highest BCUT2D eigenvalue weighted by Crippen LogP contribution is 2.34. The molecule has 122 valence electrons. The number of nitrogens with one attached hydrogen (secondary N) is 2. The topological polar surface area (TPSA) is 59.6 Å². The van der Waals surface area contributed by atoms with Gasteiger partial charge in [0.15, 0.2) is 0 Å². The highest BCUT2D eigenvalue weighted by molar-refractivity contribution is 5.85. The monoisotopic (exact) mass is 326 g/mol. The number of hydrogen-bond acceptors (Lipinski definition) is 4. The fraction of sp³-hybridized carbons (Fsp3) is 0.562. The van der Waals surface area contributed by atoms with E-state index in [2.05, 4.69) is 10.6 Å². The van der Waals surface area contributed by atoms with Gasteiger partial charge in [0.1, 0.15) is 12.4 Å². The first-order chi connectivity index (χ1) is 10.2. The summed E-state index contributed by atoms with van der Waals surface area (Å²) in [5, 5.41) is 6.46. The van der Waals surface area contributed by atoms with Crippen molar-refractivity contribution >= 4 is 18.3 Å². The SMILES string of the molecule is COCC1(C(=O)NC2COc3ccccc32)CCNCC1.Cl. The Morgan fingerprint density at radius 3 is 2.86 bits per heavy atom. The molecule has 2 heterocycles. The van der Waals surface area contributed by atoms with Crippen LogP contribution in [0.1, 0.15) is 24.4 Å². The van der Waals surface area contributed by atoms with E-state index in [0.29, 0.717) is 13.2 Å². The van der Waals surface area contributed by atoms with E-state index in [1.165, 1.54) is 0 Å². The van der Waals surface area contributed by atoms with E-state index >= 15 is 0 Å². The minimum absolute atomic E-state index is 0. The number of methoxy groups -OCH3 is 1. The summed E-state index contributed by atoms with van der Waals surface area (Å²) in [6.07, 6.45) is 1.61. The van der Waals surface area contributed by atoms with Crippen molar-refractivity contribution in [3.8, 4) is 5.75 Å². The van der Waals surface area contributed by atoms with Gasteiger partial charge in [0.05, 0.1) is 18.1 Å². The van der Waals surface area contributed by atoms with Crippen LogP contribution in [0, 0.1) is 5.41 Å². The van der Waals surface area contributed by atoms with Crippen LogP contribution in [0.2, 0.25) is 0 Å². The van der Waals surface area contributed by atoms with E-state index in [0.717, 1.165) is 37.2 Å². The number of carbonyl (C=O) groups excluding carboxylic acids is 1. The van der Waals surface area contributed by atoms with Crippen LogP contribution >= 0.6 is 12.4 Å². The number of hydrogen-bond donors (Lipinski definition) is 2. The first-order valence-corrected chi connectivity index (χ1v) is 7.47. The van der Waals surface area contributed by atoms with Gasteiger partial charge in [-0.15, -0.1) is 12.4 Å². The minimum atomic E-state index is -0.419. The fourth-order valence-corrected chi connectivity index (χ4v) is 3.21. The van der Waals surface area contributed by atoms with E-state index in [4.69, 9.17) is 9.47 Å². The van der Waals surface area contributed by atoms with E-state index in [9.17, 15) is 4.79 Å². The van der Waals surface area contributed by atoms with Gasteiger partial charge < -0.3 is 20.1 Å². The van der Waals surface area contributed by atoms with Gasteiger partial charge in [0.25, 0.3) is 0 Å². The van der Waals surface area contributed by atoms with Crippen LogP contribution in [0.4, 0.5) is 0 Å². The molecule has 1 unspecified atom stereocenters. The molecule has 1 amide bonds. The summed E-state index contributed by atoms with van der Waals surface area (Å²) >= 11 is 0. The Morgan fingerprint density at radius 1 is 1.41 bits per heavy atom. The second-order valence-electron chi connectivity index (χ2n) is 5.84. The quantitative estimate of drug-likeness (QED) is 0.883. The number of halogens is 1. The zero-order valence-corrected chi connectivity index (χ0v) is 13.6. The highest BCUT2D eigenvalue weighted by atomic mass is 35.5. The molecule has 1 aromatic rings. The fourth-order valence-electron chi connectivity index (χ4n) is 3.21. The van der Waals surface area contributed by atoms with Crippen molar-refractivity contribution in [3.05, 3.63) is 29.8 Å². The lowest BCUT2D eigenvalue weighted by Crippen LogP contribution is -2.51. The molecular formula is C16H23ClN2O3. The minimum Gasteiger partial charge on any atom is -0.491 e. The average molecular weight is 327 g/mol. The molecule has 1 atom stereocenters. The van der Waals surface area contributed by atoms with Crippen LogP contribution in [-0.4, -0.2) is 39.3 Å². The van der Waals surface area contributed by atoms with Crippen molar-refractivity contribution in [2.75, 3.05) is 33.4 Å². The zero-order chi connectivity index (χ0) is 14.7. The molecule has 3 rings (SSSR count). The summed E-state index contributed by atoms with van der Waals surface area (Å²) in [5.74, 6) is 0.949. The predicted octanol–water partition coefficient (Wildman–Crippen LogP) is 1.67. The summed E-state index contributed by atoms with van der Waals surface area (Å²) in [6, 6.07) is 7.82. The number of benzene rings is 1. The number of rotatable bonds is 4. The third-order valence-electron chi connectivity index (χ3n) is 4.47. The molecule has 1 saturated heterocycles. The van der Waals surface area contributed by atoms with Crippen molar-refractivity contribution < 1.29 is 14.3 Å². The molecule has 0 aromatic heterocycles. The summed E-state index contributed by atoms with van der Waals surface area (Å²) in [5.41, 5.74) is 0.643. The molecule has 22 heavy (non-hydrogen) atoms. The lowest BCUT2D eigenvalue weighted by atomic mass is 9.78. The number of ether oxygens (including phenoxy) is 2. The normalized spacial score (nSPS) is 22.1. The van der Waals surface area contributed by atoms with Gasteiger partial charge in [-0.1, -0.05) is 18.2 Å². The van der Waals surface area contributed by atoms with Gasteiger partial charge in [-0.25, -0.2) is 0 Å². The van der Waals surface area contributed by atoms with Crippen molar-refractivity contribution in [2.24, 2.45) is 5.41 Å². The second kappa shape index (κ2) is 7.31. The summed E-state index contributed by atoms with van der Waals surface area (Å²) < 4.78 is 11.0. The van der Waals surface area contributed by atoms with E-state index < -0.39 is 5.41 Å². The first-order valence-electron chi connectivity index (χ1n) is 7.47. The number of fused-ring (bicyclic) bond motifs is 1. The zero-order valence-electron chi connectivity index (χ0n) is 12.8. The molecule has 2 N–H and O–H groups in total. The van der Waals surface area contributed by atoms with Crippen LogP contribution in [0.5, 0.6) is 5.75 Å². The number of para-hydroxylation sites is 1. The molecule has 1 aromatic carbocycles. The number of amides is 1. The van der Waals surface area contributed by atoms with Crippen LogP contribution in [0.3, 0.4) is 0 Å². The molecule has 0 radical (unpaired) electrons. The van der Waals surface area contributed by atoms with Gasteiger partial charge in [-0.2, -0.15) is 0 Å². The van der Waals surface area contributed by atoms with Gasteiger partial charge in [-0.3, -0.25) is 4.79 Å². The van der Waals surface area contributed by atoms with E-state index in [-0.39, 0.29) is 24.4 Å². The summed E-state index contributed by atoms with van der Waals surface area (Å²) in [6.45, 7) is 2.69. The Kier molecular flexibility index (Phi) is 5.67. The molecule has 0 aliphatic carbocycles. The molecule has 0 spiro atoms. The highest BCUT2D eigenvalue weighted by Gasteiger charge is 2.41. The van der Waals surface area contributed by atoms with Gasteiger partial charge in [0, 0.05) is 12.7 Å². The maximum Gasteiger partial charge on any atom is 0.229 e. The van der Waals surface area contributed by atoms with E-state index in [1.807, 2.05) is 24.3 Å². The van der Waals surface area contributed by atoms with E-state index in [1.54, 1.807) is 7.11 Å². The largest absolute Gasteiger partial charge is 0.491 e. The average Bonchev–Trinajstić information content (AvgIpc) is 2.92. The van der Waals surface area contributed by atoms with Crippen LogP contribution in [0.25, 0.3) is 0 Å². The number of piperidine rings is 1. The van der Waals surface area contributed by atoms with Crippen molar-refractivity contribution in [3.63, 3.8) is 0 Å². The lowest BCUT2D eigenvalue weighted by Gasteiger charge is -2.36. The molecule has 2 aliphatic heterocycles. The van der Waals surface area contributed by atoms with Crippen molar-refractivity contribution in [1.29, 1.82) is 0 Å². The Morgan fingerprint density at radius 2 is 2.14 bits per heavy atom. The predicted molar refractivity (Wildman–Crippen MR) is 86.5 cm³/mol. The Balaban J connectivity index is 0.00000176. The molecule has 0 bridgehead atoms. The lowest BCUT2D eigenvalue weighted by molar-refractivity contribution is -0.137. The standard InChI is InChI=1S/C16H22N2O3.ClH/c1-20-11-16(6-8-17-9-7-16)15(19)18-13-10-21-14-5-3-2-4-12(13)14;/h2-5,13,17H,6-11H2,1H3,(H,18,19);1H. The molecule has 6 heteroatoms. The van der Waals surface area contributed by atoms with Crippen molar-refractivity contribution in [1.82, 2.24) is 10.6 Å². The molecule has 0 saturated carbocycles. The van der Waals surface area contributed by atoms with Crippen LogP contribution in [0.15, 0.2) is 24.3 Å². The summed E-state index contributed by atoms with van der Waals surface area (Å²) in [4.78, 5) is 12.8. The Hall–Kier alpha value is -1.30. The maximum atomic E-state index is 12.8. The van der Waals surface area contributed by atoms with Gasteiger partial charge in [-0.05, 0) is 32.0 Å². The smallest absolute Gasteiger partial charge is 0.229 e. The molecule has 2 aliphatic rings. The third kappa shape index (κ3) is 3.21.